The van der Waals surface area contributed by atoms with Gasteiger partial charge in [0.05, 0.1) is 18.5 Å². The van der Waals surface area contributed by atoms with Gasteiger partial charge in [0.15, 0.2) is 0 Å². The number of methoxy groups -OCH3 is 1. The van der Waals surface area contributed by atoms with Crippen LogP contribution in [0.25, 0.3) is 0 Å². The molecule has 0 aliphatic carbocycles. The lowest BCUT2D eigenvalue weighted by molar-refractivity contribution is -0.116. The van der Waals surface area contributed by atoms with Crippen LogP contribution in [0.15, 0.2) is 42.5 Å². The summed E-state index contributed by atoms with van der Waals surface area (Å²) in [5, 5.41) is 3.67. The Morgan fingerprint density at radius 3 is 2.63 bits per heavy atom. The zero-order valence-electron chi connectivity index (χ0n) is 15.9. The quantitative estimate of drug-likeness (QED) is 0.821. The third kappa shape index (κ3) is 5.15. The second-order valence-corrected chi connectivity index (χ2v) is 7.25. The van der Waals surface area contributed by atoms with Gasteiger partial charge in [-0.1, -0.05) is 29.8 Å². The van der Waals surface area contributed by atoms with Gasteiger partial charge < -0.3 is 19.9 Å². The van der Waals surface area contributed by atoms with Crippen molar-refractivity contribution in [2.75, 3.05) is 50.6 Å². The monoisotopic (exact) mass is 387 g/mol. The van der Waals surface area contributed by atoms with Crippen LogP contribution in [-0.4, -0.2) is 51.1 Å². The van der Waals surface area contributed by atoms with Crippen molar-refractivity contribution in [3.63, 3.8) is 0 Å². The fourth-order valence-corrected chi connectivity index (χ4v) is 3.47. The molecule has 0 saturated carbocycles. The summed E-state index contributed by atoms with van der Waals surface area (Å²) in [6.07, 6.45) is 1.01. The van der Waals surface area contributed by atoms with E-state index < -0.39 is 0 Å². The van der Waals surface area contributed by atoms with Gasteiger partial charge in [0, 0.05) is 37.6 Å². The summed E-state index contributed by atoms with van der Waals surface area (Å²) in [6, 6.07) is 13.5. The fourth-order valence-electron chi connectivity index (χ4n) is 3.30. The van der Waals surface area contributed by atoms with Crippen LogP contribution in [0, 0.1) is 0 Å². The number of carbonyl (C=O) groups is 1. The molecule has 0 unspecified atom stereocenters. The van der Waals surface area contributed by atoms with Gasteiger partial charge in [-0.25, -0.2) is 0 Å². The second-order valence-electron chi connectivity index (χ2n) is 6.81. The predicted molar refractivity (Wildman–Crippen MR) is 111 cm³/mol. The van der Waals surface area contributed by atoms with E-state index in [4.69, 9.17) is 16.3 Å². The van der Waals surface area contributed by atoms with E-state index in [9.17, 15) is 4.79 Å². The van der Waals surface area contributed by atoms with E-state index in [2.05, 4.69) is 22.2 Å². The van der Waals surface area contributed by atoms with Crippen molar-refractivity contribution in [3.8, 4) is 5.75 Å². The molecule has 1 aliphatic rings. The lowest BCUT2D eigenvalue weighted by Gasteiger charge is -2.35. The van der Waals surface area contributed by atoms with Gasteiger partial charge in [-0.05, 0) is 43.3 Å². The molecular formula is C21H26ClN3O2. The van der Waals surface area contributed by atoms with Crippen LogP contribution in [0.1, 0.15) is 12.0 Å². The van der Waals surface area contributed by atoms with Crippen LogP contribution in [0.3, 0.4) is 0 Å². The van der Waals surface area contributed by atoms with Crippen molar-refractivity contribution in [1.29, 1.82) is 0 Å². The average Bonchev–Trinajstić information content (AvgIpc) is 2.67. The van der Waals surface area contributed by atoms with Gasteiger partial charge >= 0.3 is 0 Å². The predicted octanol–water partition coefficient (Wildman–Crippen LogP) is 3.67. The molecule has 2 aromatic rings. The first-order valence-corrected chi connectivity index (χ1v) is 9.59. The third-order valence-electron chi connectivity index (χ3n) is 4.89. The molecule has 0 bridgehead atoms. The van der Waals surface area contributed by atoms with Crippen LogP contribution < -0.4 is 15.0 Å². The topological polar surface area (TPSA) is 44.8 Å². The number of halogens is 1. The van der Waals surface area contributed by atoms with E-state index in [-0.39, 0.29) is 5.91 Å². The summed E-state index contributed by atoms with van der Waals surface area (Å²) >= 11 is 6.18. The number of amides is 1. The Morgan fingerprint density at radius 1 is 1.15 bits per heavy atom. The van der Waals surface area contributed by atoms with Crippen LogP contribution in [0.2, 0.25) is 5.02 Å². The van der Waals surface area contributed by atoms with Gasteiger partial charge in [-0.15, -0.1) is 0 Å². The molecule has 1 heterocycles. The number of likely N-dealkylation sites (N-methyl/N-ethyl adjacent to an activating group) is 1. The minimum Gasteiger partial charge on any atom is -0.496 e. The SMILES string of the molecule is COc1ccccc1CCC(=O)Nc1cc(Cl)ccc1N1CCN(C)CC1. The van der Waals surface area contributed by atoms with Crippen molar-refractivity contribution in [2.24, 2.45) is 0 Å². The molecule has 1 N–H and O–H groups in total. The minimum atomic E-state index is -0.0291. The normalized spacial score (nSPS) is 14.9. The highest BCUT2D eigenvalue weighted by Gasteiger charge is 2.18. The smallest absolute Gasteiger partial charge is 0.224 e. The molecular weight excluding hydrogens is 362 g/mol. The minimum absolute atomic E-state index is 0.0291. The summed E-state index contributed by atoms with van der Waals surface area (Å²) in [7, 11) is 3.77. The molecule has 27 heavy (non-hydrogen) atoms. The van der Waals surface area contributed by atoms with Crippen molar-refractivity contribution in [3.05, 3.63) is 53.1 Å². The van der Waals surface area contributed by atoms with E-state index in [1.165, 1.54) is 0 Å². The zero-order valence-corrected chi connectivity index (χ0v) is 16.6. The zero-order chi connectivity index (χ0) is 19.2. The molecule has 5 nitrogen and oxygen atoms in total. The highest BCUT2D eigenvalue weighted by molar-refractivity contribution is 6.31. The van der Waals surface area contributed by atoms with Crippen LogP contribution in [-0.2, 0) is 11.2 Å². The number of nitrogens with one attached hydrogen (secondary N) is 1. The molecule has 0 atom stereocenters. The Bertz CT molecular complexity index is 789. The van der Waals surface area contributed by atoms with E-state index in [0.717, 1.165) is 48.9 Å². The Hall–Kier alpha value is -2.24. The molecule has 2 aromatic carbocycles. The largest absolute Gasteiger partial charge is 0.496 e. The van der Waals surface area contributed by atoms with E-state index >= 15 is 0 Å². The van der Waals surface area contributed by atoms with Crippen molar-refractivity contribution in [1.82, 2.24) is 4.90 Å². The number of anilines is 2. The molecule has 3 rings (SSSR count). The number of para-hydroxylation sites is 1. The number of nitrogens with zero attached hydrogens (tertiary/aromatic N) is 2. The van der Waals surface area contributed by atoms with Gasteiger partial charge in [-0.3, -0.25) is 4.79 Å². The number of carbonyl (C=O) groups excluding carboxylic acids is 1. The number of ether oxygens (including phenoxy) is 1. The van der Waals surface area contributed by atoms with Crippen LogP contribution >= 0.6 is 11.6 Å². The molecule has 0 radical (unpaired) electrons. The molecule has 0 aromatic heterocycles. The average molecular weight is 388 g/mol. The third-order valence-corrected chi connectivity index (χ3v) is 5.13. The molecule has 0 spiro atoms. The molecule has 6 heteroatoms. The number of aryl methyl sites for hydroxylation is 1. The maximum atomic E-state index is 12.6. The van der Waals surface area contributed by atoms with E-state index in [0.29, 0.717) is 17.9 Å². The Balaban J connectivity index is 1.67. The van der Waals surface area contributed by atoms with E-state index in [1.54, 1.807) is 7.11 Å². The molecule has 1 fully saturated rings. The summed E-state index contributed by atoms with van der Waals surface area (Å²) in [5.41, 5.74) is 2.83. The fraction of sp³-hybridized carbons (Fsp3) is 0.381. The van der Waals surface area contributed by atoms with Gasteiger partial charge in [0.25, 0.3) is 0 Å². The van der Waals surface area contributed by atoms with Crippen LogP contribution in [0.5, 0.6) is 5.75 Å². The number of hydrogen-bond acceptors (Lipinski definition) is 4. The number of piperazine rings is 1. The first-order valence-electron chi connectivity index (χ1n) is 9.21. The molecule has 1 aliphatic heterocycles. The van der Waals surface area contributed by atoms with Crippen LogP contribution in [0.4, 0.5) is 11.4 Å². The van der Waals surface area contributed by atoms with Crippen molar-refractivity contribution < 1.29 is 9.53 Å². The lowest BCUT2D eigenvalue weighted by atomic mass is 10.1. The summed E-state index contributed by atoms with van der Waals surface area (Å²) < 4.78 is 5.36. The molecule has 1 amide bonds. The Kier molecular flexibility index (Phi) is 6.58. The maximum absolute atomic E-state index is 12.6. The highest BCUT2D eigenvalue weighted by atomic mass is 35.5. The van der Waals surface area contributed by atoms with Crippen molar-refractivity contribution in [2.45, 2.75) is 12.8 Å². The second kappa shape index (κ2) is 9.11. The van der Waals surface area contributed by atoms with Gasteiger partial charge in [-0.2, -0.15) is 0 Å². The van der Waals surface area contributed by atoms with Gasteiger partial charge in [0.2, 0.25) is 5.91 Å². The Labute approximate surface area is 165 Å². The standard InChI is InChI=1S/C21H26ClN3O2/c1-24-11-13-25(14-12-24)19-9-8-17(22)15-18(19)23-21(26)10-7-16-5-3-4-6-20(16)27-2/h3-6,8-9,15H,7,10-14H2,1-2H3,(H,23,26). The maximum Gasteiger partial charge on any atom is 0.224 e. The summed E-state index contributed by atoms with van der Waals surface area (Å²) in [4.78, 5) is 17.2. The van der Waals surface area contributed by atoms with E-state index in [1.807, 2.05) is 42.5 Å². The van der Waals surface area contributed by atoms with Gasteiger partial charge in [0.1, 0.15) is 5.75 Å². The molecule has 144 valence electrons. The number of rotatable bonds is 6. The number of hydrogen-bond donors (Lipinski definition) is 1. The molecule has 1 saturated heterocycles. The highest BCUT2D eigenvalue weighted by Crippen LogP contribution is 2.30. The van der Waals surface area contributed by atoms with Crippen molar-refractivity contribution >= 4 is 28.9 Å². The first-order chi connectivity index (χ1) is 13.1. The summed E-state index contributed by atoms with van der Waals surface area (Å²) in [6.45, 7) is 3.87. The lowest BCUT2D eigenvalue weighted by Crippen LogP contribution is -2.44. The number of benzene rings is 2. The Morgan fingerprint density at radius 2 is 1.89 bits per heavy atom. The summed E-state index contributed by atoms with van der Waals surface area (Å²) in [5.74, 6) is 0.782. The first kappa shape index (κ1) is 19.5.